The lowest BCUT2D eigenvalue weighted by Crippen LogP contribution is -2.09. The predicted octanol–water partition coefficient (Wildman–Crippen LogP) is 6.62. The fourth-order valence-corrected chi connectivity index (χ4v) is 3.55. The van der Waals surface area contributed by atoms with Crippen molar-refractivity contribution in [2.24, 2.45) is 0 Å². The number of benzene rings is 3. The number of ether oxygens (including phenoxy) is 1. The Bertz CT molecular complexity index is 1430. The minimum atomic E-state index is -0.538. The molecule has 0 aliphatic carbocycles. The number of anilines is 3. The van der Waals surface area contributed by atoms with Crippen LogP contribution in [0.2, 0.25) is 10.0 Å². The molecule has 172 valence electrons. The molecule has 0 spiro atoms. The number of hydrogen-bond acceptors (Lipinski definition) is 5. The van der Waals surface area contributed by atoms with Crippen LogP contribution < -0.4 is 15.4 Å². The van der Waals surface area contributed by atoms with Crippen molar-refractivity contribution in [3.8, 4) is 5.75 Å². The predicted molar refractivity (Wildman–Crippen MR) is 130 cm³/mol. The number of carbonyl (C=O) groups is 1. The number of nitrogens with one attached hydrogen (secondary N) is 2. The standard InChI is InChI=1S/C24H16Cl2F2N4O2/c1-34-22-11-20-16(24(30-12-29-20)31-15-5-6-19(28)18(26)9-15)10-21(22)32-23(33)7-3-13-2-4-14(27)8-17(13)25/h2-12H,1H3,(H,32,33)(H,29,30,31)/b7-3+. The number of amides is 1. The van der Waals surface area contributed by atoms with Crippen molar-refractivity contribution < 1.29 is 18.3 Å². The van der Waals surface area contributed by atoms with Gasteiger partial charge in [-0.1, -0.05) is 29.3 Å². The molecule has 1 amide bonds. The van der Waals surface area contributed by atoms with Gasteiger partial charge in [-0.25, -0.2) is 18.7 Å². The van der Waals surface area contributed by atoms with Gasteiger partial charge in [0.15, 0.2) is 0 Å². The fourth-order valence-electron chi connectivity index (χ4n) is 3.14. The van der Waals surface area contributed by atoms with E-state index in [1.165, 1.54) is 55.9 Å². The first-order valence-corrected chi connectivity index (χ1v) is 10.6. The Balaban J connectivity index is 1.63. The molecule has 34 heavy (non-hydrogen) atoms. The second-order valence-electron chi connectivity index (χ2n) is 7.03. The lowest BCUT2D eigenvalue weighted by atomic mass is 10.1. The molecular weight excluding hydrogens is 485 g/mol. The summed E-state index contributed by atoms with van der Waals surface area (Å²) >= 11 is 11.9. The third-order valence-corrected chi connectivity index (χ3v) is 5.39. The molecule has 0 fully saturated rings. The molecule has 0 unspecified atom stereocenters. The SMILES string of the molecule is COc1cc2ncnc(Nc3ccc(F)c(Cl)c3)c2cc1NC(=O)/C=C/c1ccc(F)cc1Cl. The van der Waals surface area contributed by atoms with E-state index in [2.05, 4.69) is 20.6 Å². The van der Waals surface area contributed by atoms with Gasteiger partial charge in [-0.2, -0.15) is 0 Å². The first-order chi connectivity index (χ1) is 16.3. The monoisotopic (exact) mass is 500 g/mol. The average Bonchev–Trinajstić information content (AvgIpc) is 2.81. The van der Waals surface area contributed by atoms with E-state index in [-0.39, 0.29) is 10.0 Å². The molecule has 4 rings (SSSR count). The van der Waals surface area contributed by atoms with Crippen LogP contribution in [-0.2, 0) is 4.79 Å². The Morgan fingerprint density at radius 3 is 2.59 bits per heavy atom. The molecule has 2 N–H and O–H groups in total. The number of methoxy groups -OCH3 is 1. The third kappa shape index (κ3) is 5.24. The molecule has 0 aliphatic heterocycles. The van der Waals surface area contributed by atoms with Crippen LogP contribution in [0.25, 0.3) is 17.0 Å². The maximum Gasteiger partial charge on any atom is 0.248 e. The topological polar surface area (TPSA) is 76.1 Å². The van der Waals surface area contributed by atoms with Crippen LogP contribution in [0.3, 0.4) is 0 Å². The highest BCUT2D eigenvalue weighted by molar-refractivity contribution is 6.32. The molecule has 1 aromatic heterocycles. The summed E-state index contributed by atoms with van der Waals surface area (Å²) in [4.78, 5) is 21.0. The van der Waals surface area contributed by atoms with Crippen molar-refractivity contribution in [1.82, 2.24) is 9.97 Å². The molecule has 0 aliphatic rings. The molecule has 0 saturated carbocycles. The average molecular weight is 501 g/mol. The zero-order chi connectivity index (χ0) is 24.2. The number of nitrogens with zero attached hydrogens (tertiary/aromatic N) is 2. The lowest BCUT2D eigenvalue weighted by molar-refractivity contribution is -0.111. The highest BCUT2D eigenvalue weighted by Crippen LogP contribution is 2.33. The van der Waals surface area contributed by atoms with E-state index in [4.69, 9.17) is 27.9 Å². The molecule has 1 heterocycles. The molecule has 6 nitrogen and oxygen atoms in total. The summed E-state index contributed by atoms with van der Waals surface area (Å²) < 4.78 is 32.1. The van der Waals surface area contributed by atoms with Crippen LogP contribution in [0.4, 0.5) is 26.0 Å². The van der Waals surface area contributed by atoms with E-state index in [0.717, 1.165) is 6.07 Å². The van der Waals surface area contributed by atoms with E-state index in [9.17, 15) is 13.6 Å². The van der Waals surface area contributed by atoms with Crippen molar-refractivity contribution in [1.29, 1.82) is 0 Å². The van der Waals surface area contributed by atoms with Gasteiger partial charge in [0.1, 0.15) is 29.5 Å². The van der Waals surface area contributed by atoms with Crippen LogP contribution in [-0.4, -0.2) is 23.0 Å². The van der Waals surface area contributed by atoms with E-state index >= 15 is 0 Å². The van der Waals surface area contributed by atoms with Gasteiger partial charge in [0.2, 0.25) is 5.91 Å². The number of halogens is 4. The summed E-state index contributed by atoms with van der Waals surface area (Å²) in [6.45, 7) is 0. The number of aromatic nitrogens is 2. The summed E-state index contributed by atoms with van der Waals surface area (Å²) in [5, 5.41) is 6.54. The zero-order valence-corrected chi connectivity index (χ0v) is 19.1. The Morgan fingerprint density at radius 2 is 1.85 bits per heavy atom. The van der Waals surface area contributed by atoms with Crippen LogP contribution in [0, 0.1) is 11.6 Å². The van der Waals surface area contributed by atoms with Crippen LogP contribution in [0.1, 0.15) is 5.56 Å². The first-order valence-electron chi connectivity index (χ1n) is 9.83. The quantitative estimate of drug-likeness (QED) is 0.291. The van der Waals surface area contributed by atoms with Crippen molar-refractivity contribution in [2.45, 2.75) is 0 Å². The van der Waals surface area contributed by atoms with Crippen molar-refractivity contribution in [2.75, 3.05) is 17.7 Å². The second kappa shape index (κ2) is 10.0. The van der Waals surface area contributed by atoms with E-state index in [1.54, 1.807) is 12.1 Å². The van der Waals surface area contributed by atoms with Gasteiger partial charge >= 0.3 is 0 Å². The highest BCUT2D eigenvalue weighted by Gasteiger charge is 2.13. The van der Waals surface area contributed by atoms with Crippen molar-refractivity contribution in [3.63, 3.8) is 0 Å². The molecule has 0 saturated heterocycles. The Hall–Kier alpha value is -3.75. The van der Waals surface area contributed by atoms with Crippen LogP contribution in [0.15, 0.2) is 60.9 Å². The summed E-state index contributed by atoms with van der Waals surface area (Å²) in [6.07, 6.45) is 4.10. The van der Waals surface area contributed by atoms with Crippen molar-refractivity contribution >= 4 is 63.3 Å². The molecule has 0 radical (unpaired) electrons. The third-order valence-electron chi connectivity index (χ3n) is 4.77. The maximum absolute atomic E-state index is 13.5. The number of hydrogen-bond donors (Lipinski definition) is 2. The Kier molecular flexibility index (Phi) is 6.90. The first kappa shape index (κ1) is 23.4. The molecule has 4 aromatic rings. The summed E-state index contributed by atoms with van der Waals surface area (Å²) in [5.74, 6) is -0.677. The van der Waals surface area contributed by atoms with E-state index in [1.807, 2.05) is 0 Å². The minimum absolute atomic E-state index is 0.0361. The number of rotatable bonds is 6. The maximum atomic E-state index is 13.5. The molecule has 0 bridgehead atoms. The smallest absolute Gasteiger partial charge is 0.248 e. The molecule has 3 aromatic carbocycles. The van der Waals surface area contributed by atoms with Crippen LogP contribution >= 0.6 is 23.2 Å². The Labute approximate surface area is 203 Å². The lowest BCUT2D eigenvalue weighted by Gasteiger charge is -2.13. The summed E-state index contributed by atoms with van der Waals surface area (Å²) in [5.41, 5.74) is 1.92. The highest BCUT2D eigenvalue weighted by atomic mass is 35.5. The normalized spacial score (nSPS) is 11.1. The van der Waals surface area contributed by atoms with Gasteiger partial charge in [-0.3, -0.25) is 4.79 Å². The van der Waals surface area contributed by atoms with Gasteiger partial charge in [-0.05, 0) is 48.0 Å². The van der Waals surface area contributed by atoms with Gasteiger partial charge < -0.3 is 15.4 Å². The van der Waals surface area contributed by atoms with E-state index in [0.29, 0.717) is 39.4 Å². The summed E-state index contributed by atoms with van der Waals surface area (Å²) in [7, 11) is 1.46. The van der Waals surface area contributed by atoms with Gasteiger partial charge in [0.25, 0.3) is 0 Å². The van der Waals surface area contributed by atoms with Crippen molar-refractivity contribution in [3.05, 3.63) is 88.2 Å². The molecular formula is C24H16Cl2F2N4O2. The number of fused-ring (bicyclic) bond motifs is 1. The zero-order valence-electron chi connectivity index (χ0n) is 17.6. The minimum Gasteiger partial charge on any atom is -0.494 e. The number of carbonyl (C=O) groups excluding carboxylic acids is 1. The molecule has 10 heteroatoms. The van der Waals surface area contributed by atoms with E-state index < -0.39 is 17.5 Å². The van der Waals surface area contributed by atoms with Crippen LogP contribution in [0.5, 0.6) is 5.75 Å². The van der Waals surface area contributed by atoms with Gasteiger partial charge in [0, 0.05) is 23.2 Å². The summed E-state index contributed by atoms with van der Waals surface area (Å²) in [6, 6.07) is 11.4. The van der Waals surface area contributed by atoms with Gasteiger partial charge in [-0.15, -0.1) is 0 Å². The molecule has 0 atom stereocenters. The fraction of sp³-hybridized carbons (Fsp3) is 0.0417. The second-order valence-corrected chi connectivity index (χ2v) is 7.85. The van der Waals surface area contributed by atoms with Gasteiger partial charge in [0.05, 0.1) is 28.4 Å². The largest absolute Gasteiger partial charge is 0.494 e. The Morgan fingerprint density at radius 1 is 1.03 bits per heavy atom.